The minimum Gasteiger partial charge on any atom is -0.468 e. The number of ether oxygens (including phenoxy) is 1. The molecule has 1 unspecified atom stereocenters. The zero-order valence-corrected chi connectivity index (χ0v) is 12.9. The molecule has 0 aromatic carbocycles. The summed E-state index contributed by atoms with van der Waals surface area (Å²) in [6.07, 6.45) is 1.42. The van der Waals surface area contributed by atoms with Crippen LogP contribution in [-0.4, -0.2) is 17.0 Å². The molecule has 0 spiro atoms. The van der Waals surface area contributed by atoms with Gasteiger partial charge in [0.2, 0.25) is 0 Å². The summed E-state index contributed by atoms with van der Waals surface area (Å²) in [4.78, 5) is 24.8. The first kappa shape index (κ1) is 14.4. The molecule has 0 bridgehead atoms. The lowest BCUT2D eigenvalue weighted by Crippen LogP contribution is -2.35. The van der Waals surface area contributed by atoms with Crippen molar-refractivity contribution < 1.29 is 14.3 Å². The summed E-state index contributed by atoms with van der Waals surface area (Å²) in [7, 11) is 0. The molecule has 1 fully saturated rings. The molecule has 3 nitrogen and oxygen atoms in total. The van der Waals surface area contributed by atoms with Crippen LogP contribution in [0.3, 0.4) is 0 Å². The smallest absolute Gasteiger partial charge is 0.166 e. The van der Waals surface area contributed by atoms with E-state index in [1.54, 1.807) is 0 Å². The SMILES string of the molecule is O=C1CCCC(=O)C1C1=C(S)C(S)=C(S)OC1S. The van der Waals surface area contributed by atoms with E-state index < -0.39 is 11.4 Å². The van der Waals surface area contributed by atoms with Gasteiger partial charge in [-0.3, -0.25) is 9.59 Å². The summed E-state index contributed by atoms with van der Waals surface area (Å²) in [5.41, 5.74) is -0.198. The van der Waals surface area contributed by atoms with Crippen molar-refractivity contribution in [2.24, 2.45) is 5.92 Å². The monoisotopic (exact) mass is 320 g/mol. The van der Waals surface area contributed by atoms with E-state index in [4.69, 9.17) is 4.74 Å². The Morgan fingerprint density at radius 1 is 1.00 bits per heavy atom. The van der Waals surface area contributed by atoms with Crippen LogP contribution >= 0.6 is 50.5 Å². The molecular formula is C11H12O3S4. The summed E-state index contributed by atoms with van der Waals surface area (Å²) < 4.78 is 5.35. The number of hydrogen-bond donors (Lipinski definition) is 4. The molecule has 98 valence electrons. The summed E-state index contributed by atoms with van der Waals surface area (Å²) in [6, 6.07) is 0. The third-order valence-corrected chi connectivity index (χ3v) is 4.96. The highest BCUT2D eigenvalue weighted by Gasteiger charge is 2.39. The van der Waals surface area contributed by atoms with E-state index in [-0.39, 0.29) is 11.6 Å². The second kappa shape index (κ2) is 5.56. The van der Waals surface area contributed by atoms with Crippen LogP contribution in [-0.2, 0) is 14.3 Å². The lowest BCUT2D eigenvalue weighted by molar-refractivity contribution is -0.134. The molecular weight excluding hydrogens is 308 g/mol. The molecule has 7 heteroatoms. The minimum absolute atomic E-state index is 0.0980. The first-order chi connectivity index (χ1) is 8.43. The molecule has 1 saturated carbocycles. The van der Waals surface area contributed by atoms with Gasteiger partial charge in [-0.2, -0.15) is 0 Å². The van der Waals surface area contributed by atoms with Gasteiger partial charge in [0, 0.05) is 23.3 Å². The highest BCUT2D eigenvalue weighted by atomic mass is 32.1. The minimum atomic E-state index is -0.794. The number of carbonyl (C=O) groups excluding carboxylic acids is 2. The largest absolute Gasteiger partial charge is 0.468 e. The van der Waals surface area contributed by atoms with Gasteiger partial charge in [0.25, 0.3) is 0 Å². The Bertz CT molecular complexity index is 465. The molecule has 1 aliphatic carbocycles. The van der Waals surface area contributed by atoms with Crippen LogP contribution in [0.15, 0.2) is 20.5 Å². The van der Waals surface area contributed by atoms with Crippen molar-refractivity contribution in [2.45, 2.75) is 24.7 Å². The molecule has 0 N–H and O–H groups in total. The zero-order chi connectivity index (χ0) is 13.4. The van der Waals surface area contributed by atoms with Crippen molar-refractivity contribution in [3.05, 3.63) is 20.5 Å². The fourth-order valence-electron chi connectivity index (χ4n) is 2.11. The summed E-state index contributed by atoms with van der Waals surface area (Å²) in [5.74, 6) is -0.990. The molecule has 18 heavy (non-hydrogen) atoms. The Morgan fingerprint density at radius 3 is 2.11 bits per heavy atom. The van der Waals surface area contributed by atoms with E-state index in [1.165, 1.54) is 0 Å². The molecule has 0 aromatic rings. The fourth-order valence-corrected chi connectivity index (χ4v) is 3.51. The van der Waals surface area contributed by atoms with Crippen LogP contribution < -0.4 is 0 Å². The molecule has 1 heterocycles. The Hall–Kier alpha value is 0.0200. The molecule has 0 aromatic heterocycles. The zero-order valence-electron chi connectivity index (χ0n) is 9.29. The Morgan fingerprint density at radius 2 is 1.56 bits per heavy atom. The number of rotatable bonds is 1. The average Bonchev–Trinajstić information content (AvgIpc) is 2.30. The third kappa shape index (κ3) is 2.50. The summed E-state index contributed by atoms with van der Waals surface area (Å²) in [5, 5.41) is 0.294. The fraction of sp³-hybridized carbons (Fsp3) is 0.455. The highest BCUT2D eigenvalue weighted by molar-refractivity contribution is 7.92. The first-order valence-electron chi connectivity index (χ1n) is 5.39. The average molecular weight is 320 g/mol. The molecule has 1 aliphatic heterocycles. The van der Waals surface area contributed by atoms with Crippen LogP contribution in [0.1, 0.15) is 19.3 Å². The lowest BCUT2D eigenvalue weighted by atomic mass is 9.81. The van der Waals surface area contributed by atoms with E-state index >= 15 is 0 Å². The maximum absolute atomic E-state index is 11.9. The Labute approximate surface area is 127 Å². The number of Topliss-reactive ketones (excluding diaryl/α,β-unsaturated/α-hetero) is 2. The van der Waals surface area contributed by atoms with E-state index in [9.17, 15) is 9.59 Å². The molecule has 1 atom stereocenters. The quantitative estimate of drug-likeness (QED) is 0.443. The van der Waals surface area contributed by atoms with Gasteiger partial charge >= 0.3 is 0 Å². The van der Waals surface area contributed by atoms with Gasteiger partial charge < -0.3 is 4.74 Å². The second-order valence-corrected chi connectivity index (χ2v) is 5.92. The van der Waals surface area contributed by atoms with E-state index in [0.717, 1.165) is 0 Å². The van der Waals surface area contributed by atoms with Gasteiger partial charge in [0.1, 0.15) is 17.5 Å². The van der Waals surface area contributed by atoms with Crippen LogP contribution in [0, 0.1) is 5.92 Å². The van der Waals surface area contributed by atoms with Crippen LogP contribution in [0.2, 0.25) is 0 Å². The molecule has 0 amide bonds. The van der Waals surface area contributed by atoms with Crippen molar-refractivity contribution >= 4 is 62.1 Å². The van der Waals surface area contributed by atoms with Crippen molar-refractivity contribution in [1.29, 1.82) is 0 Å². The standard InChI is InChI=1S/C11H12O3S4/c12-4-2-1-3-5(13)6(4)7-8(15)9(16)11(18)14-10(7)17/h6,10,15-18H,1-3H2. The predicted octanol–water partition coefficient (Wildman–Crippen LogP) is 2.42. The number of thiol groups is 4. The van der Waals surface area contributed by atoms with Crippen molar-refractivity contribution in [2.75, 3.05) is 0 Å². The lowest BCUT2D eigenvalue weighted by Gasteiger charge is -2.31. The van der Waals surface area contributed by atoms with Crippen molar-refractivity contribution in [3.63, 3.8) is 0 Å². The maximum atomic E-state index is 11.9. The molecule has 2 rings (SSSR count). The van der Waals surface area contributed by atoms with Gasteiger partial charge in [0.15, 0.2) is 10.5 Å². The van der Waals surface area contributed by atoms with Gasteiger partial charge in [0.05, 0.1) is 4.91 Å². The number of hydrogen-bond acceptors (Lipinski definition) is 7. The van der Waals surface area contributed by atoms with Crippen LogP contribution in [0.25, 0.3) is 0 Å². The Balaban J connectivity index is 2.47. The first-order valence-corrected chi connectivity index (χ1v) is 7.25. The Kier molecular flexibility index (Phi) is 4.46. The highest BCUT2D eigenvalue weighted by Crippen LogP contribution is 2.41. The molecule has 0 saturated heterocycles. The van der Waals surface area contributed by atoms with E-state index in [0.29, 0.717) is 39.7 Å². The van der Waals surface area contributed by atoms with Gasteiger partial charge in [-0.25, -0.2) is 0 Å². The van der Waals surface area contributed by atoms with E-state index in [1.807, 2.05) is 0 Å². The van der Waals surface area contributed by atoms with Gasteiger partial charge in [-0.15, -0.1) is 50.5 Å². The number of ketones is 2. The number of carbonyl (C=O) groups is 2. The predicted molar refractivity (Wildman–Crippen MR) is 82.2 cm³/mol. The second-order valence-electron chi connectivity index (χ2n) is 4.15. The third-order valence-electron chi connectivity index (χ3n) is 2.99. The van der Waals surface area contributed by atoms with Crippen molar-refractivity contribution in [3.8, 4) is 0 Å². The summed E-state index contributed by atoms with van der Waals surface area (Å²) >= 11 is 16.9. The topological polar surface area (TPSA) is 43.4 Å². The van der Waals surface area contributed by atoms with E-state index in [2.05, 4.69) is 50.5 Å². The van der Waals surface area contributed by atoms with Gasteiger partial charge in [-0.1, -0.05) is 0 Å². The van der Waals surface area contributed by atoms with Gasteiger partial charge in [-0.05, 0) is 6.42 Å². The maximum Gasteiger partial charge on any atom is 0.166 e. The summed E-state index contributed by atoms with van der Waals surface area (Å²) in [6.45, 7) is 0. The molecule has 2 aliphatic rings. The van der Waals surface area contributed by atoms with Crippen LogP contribution in [0.4, 0.5) is 0 Å². The van der Waals surface area contributed by atoms with Crippen LogP contribution in [0.5, 0.6) is 0 Å². The molecule has 0 radical (unpaired) electrons. The van der Waals surface area contributed by atoms with Crippen molar-refractivity contribution in [1.82, 2.24) is 0 Å². The normalized spacial score (nSPS) is 26.8.